The first-order chi connectivity index (χ1) is 18.1. The van der Waals surface area contributed by atoms with E-state index in [2.05, 4.69) is 6.08 Å². The molecular formula is C30H40N2O6. The lowest BCUT2D eigenvalue weighted by molar-refractivity contribution is 0.0194. The highest BCUT2D eigenvalue weighted by Gasteiger charge is 2.34. The van der Waals surface area contributed by atoms with Crippen LogP contribution in [0.5, 0.6) is 17.2 Å². The highest BCUT2D eigenvalue weighted by molar-refractivity contribution is 5.96. The van der Waals surface area contributed by atoms with Crippen molar-refractivity contribution in [3.8, 4) is 17.2 Å². The predicted molar refractivity (Wildman–Crippen MR) is 148 cm³/mol. The van der Waals surface area contributed by atoms with Crippen LogP contribution in [-0.2, 0) is 4.74 Å². The second-order valence-electron chi connectivity index (χ2n) is 10.5. The monoisotopic (exact) mass is 524 g/mol. The van der Waals surface area contributed by atoms with Gasteiger partial charge in [-0.1, -0.05) is 42.0 Å². The van der Waals surface area contributed by atoms with Gasteiger partial charge in [-0.2, -0.15) is 0 Å². The number of hydrogen-bond donors (Lipinski definition) is 0. The van der Waals surface area contributed by atoms with Crippen LogP contribution in [0.15, 0.2) is 48.0 Å². The standard InChI is InChI=1S/C30H40N2O6/c1-21(16-22-12-9-8-10-13-22)19-31(20-24-14-11-15-32(24)29(34)38-30(2,3)4)28(33)23-17-25(35-5)27(37-7)26(18-23)36-6/h8-10,12-13,16-18,24H,11,14-15,19-20H2,1-7H3. The lowest BCUT2D eigenvalue weighted by Crippen LogP contribution is -2.47. The van der Waals surface area contributed by atoms with Crippen LogP contribution in [-0.4, -0.2) is 74.4 Å². The van der Waals surface area contributed by atoms with Gasteiger partial charge in [0.05, 0.1) is 27.4 Å². The molecule has 1 aliphatic heterocycles. The van der Waals surface area contributed by atoms with Gasteiger partial charge in [0.25, 0.3) is 5.91 Å². The summed E-state index contributed by atoms with van der Waals surface area (Å²) < 4.78 is 22.0. The van der Waals surface area contributed by atoms with Crippen molar-refractivity contribution in [2.45, 2.75) is 52.2 Å². The molecule has 1 saturated heterocycles. The smallest absolute Gasteiger partial charge is 0.410 e. The first kappa shape index (κ1) is 28.9. The maximum Gasteiger partial charge on any atom is 0.410 e. The molecule has 1 fully saturated rings. The molecule has 0 N–H and O–H groups in total. The Morgan fingerprint density at radius 2 is 1.66 bits per heavy atom. The van der Waals surface area contributed by atoms with Gasteiger partial charge in [0.1, 0.15) is 5.60 Å². The Kier molecular flexibility index (Phi) is 9.66. The van der Waals surface area contributed by atoms with Crippen molar-refractivity contribution in [2.24, 2.45) is 0 Å². The van der Waals surface area contributed by atoms with Gasteiger partial charge in [-0.3, -0.25) is 4.79 Å². The Bertz CT molecular complexity index is 1110. The molecule has 0 radical (unpaired) electrons. The number of ether oxygens (including phenoxy) is 4. The molecule has 0 aromatic heterocycles. The number of methoxy groups -OCH3 is 3. The van der Waals surface area contributed by atoms with Crippen molar-refractivity contribution in [1.82, 2.24) is 9.80 Å². The maximum atomic E-state index is 14.0. The summed E-state index contributed by atoms with van der Waals surface area (Å²) in [5.74, 6) is 1.04. The van der Waals surface area contributed by atoms with E-state index in [1.165, 1.54) is 21.3 Å². The van der Waals surface area contributed by atoms with E-state index in [0.717, 1.165) is 24.0 Å². The Labute approximate surface area is 226 Å². The van der Waals surface area contributed by atoms with Crippen LogP contribution in [0.4, 0.5) is 4.79 Å². The lowest BCUT2D eigenvalue weighted by Gasteiger charge is -2.32. The van der Waals surface area contributed by atoms with Gasteiger partial charge in [-0.25, -0.2) is 4.79 Å². The SMILES string of the molecule is COc1cc(C(=O)N(CC(C)=Cc2ccccc2)CC2CCCN2C(=O)OC(C)(C)C)cc(OC)c1OC. The van der Waals surface area contributed by atoms with E-state index in [9.17, 15) is 9.59 Å². The predicted octanol–water partition coefficient (Wildman–Crippen LogP) is 5.66. The second-order valence-corrected chi connectivity index (χ2v) is 10.5. The minimum Gasteiger partial charge on any atom is -0.493 e. The van der Waals surface area contributed by atoms with Gasteiger partial charge in [0.15, 0.2) is 11.5 Å². The largest absolute Gasteiger partial charge is 0.493 e. The molecule has 1 aliphatic rings. The molecule has 1 heterocycles. The Hall–Kier alpha value is -3.68. The lowest BCUT2D eigenvalue weighted by atomic mass is 10.1. The molecule has 3 rings (SSSR count). The Balaban J connectivity index is 1.94. The second kappa shape index (κ2) is 12.7. The number of nitrogens with zero attached hydrogens (tertiary/aromatic N) is 2. The summed E-state index contributed by atoms with van der Waals surface area (Å²) in [5.41, 5.74) is 1.89. The zero-order chi connectivity index (χ0) is 27.9. The summed E-state index contributed by atoms with van der Waals surface area (Å²) in [6.07, 6.45) is 3.36. The van der Waals surface area contributed by atoms with Gasteiger partial charge < -0.3 is 28.7 Å². The molecule has 2 amide bonds. The number of amides is 2. The highest BCUT2D eigenvalue weighted by Crippen LogP contribution is 2.38. The number of likely N-dealkylation sites (tertiary alicyclic amines) is 1. The van der Waals surface area contributed by atoms with E-state index >= 15 is 0 Å². The minimum absolute atomic E-state index is 0.152. The molecule has 0 aliphatic carbocycles. The van der Waals surface area contributed by atoms with Crippen LogP contribution in [0, 0.1) is 0 Å². The Morgan fingerprint density at radius 1 is 1.03 bits per heavy atom. The summed E-state index contributed by atoms with van der Waals surface area (Å²) in [6, 6.07) is 13.1. The average molecular weight is 525 g/mol. The third kappa shape index (κ3) is 7.43. The van der Waals surface area contributed by atoms with E-state index in [0.29, 0.717) is 42.4 Å². The van der Waals surface area contributed by atoms with Gasteiger partial charge in [-0.05, 0) is 58.2 Å². The number of benzene rings is 2. The Morgan fingerprint density at radius 3 is 2.21 bits per heavy atom. The summed E-state index contributed by atoms with van der Waals surface area (Å²) in [6.45, 7) is 8.93. The van der Waals surface area contributed by atoms with E-state index in [4.69, 9.17) is 18.9 Å². The highest BCUT2D eigenvalue weighted by atomic mass is 16.6. The topological polar surface area (TPSA) is 77.5 Å². The van der Waals surface area contributed by atoms with Gasteiger partial charge in [-0.15, -0.1) is 0 Å². The molecule has 2 aromatic rings. The summed E-state index contributed by atoms with van der Waals surface area (Å²) in [7, 11) is 4.57. The van der Waals surface area contributed by atoms with Crippen molar-refractivity contribution in [2.75, 3.05) is 41.0 Å². The maximum absolute atomic E-state index is 14.0. The van der Waals surface area contributed by atoms with Gasteiger partial charge >= 0.3 is 6.09 Å². The van der Waals surface area contributed by atoms with Crippen LogP contribution >= 0.6 is 0 Å². The van der Waals surface area contributed by atoms with Crippen LogP contribution in [0.2, 0.25) is 0 Å². The van der Waals surface area contributed by atoms with E-state index in [1.807, 2.05) is 58.0 Å². The fourth-order valence-corrected chi connectivity index (χ4v) is 4.63. The molecule has 1 unspecified atom stereocenters. The molecule has 0 saturated carbocycles. The molecule has 0 spiro atoms. The summed E-state index contributed by atoms with van der Waals surface area (Å²) in [5, 5.41) is 0. The van der Waals surface area contributed by atoms with Crippen molar-refractivity contribution in [3.63, 3.8) is 0 Å². The molecule has 38 heavy (non-hydrogen) atoms. The molecule has 8 nitrogen and oxygen atoms in total. The number of hydrogen-bond acceptors (Lipinski definition) is 6. The fourth-order valence-electron chi connectivity index (χ4n) is 4.63. The normalized spacial score (nSPS) is 15.7. The third-order valence-electron chi connectivity index (χ3n) is 6.29. The van der Waals surface area contributed by atoms with Crippen LogP contribution in [0.25, 0.3) is 6.08 Å². The van der Waals surface area contributed by atoms with Crippen molar-refractivity contribution in [3.05, 3.63) is 59.2 Å². The molecule has 2 aromatic carbocycles. The molecule has 1 atom stereocenters. The first-order valence-electron chi connectivity index (χ1n) is 12.9. The van der Waals surface area contributed by atoms with Crippen LogP contribution < -0.4 is 14.2 Å². The first-order valence-corrected chi connectivity index (χ1v) is 12.9. The van der Waals surface area contributed by atoms with E-state index < -0.39 is 5.60 Å². The zero-order valence-corrected chi connectivity index (χ0v) is 23.6. The van der Waals surface area contributed by atoms with Crippen LogP contribution in [0.3, 0.4) is 0 Å². The van der Waals surface area contributed by atoms with E-state index in [1.54, 1.807) is 21.9 Å². The summed E-state index contributed by atoms with van der Waals surface area (Å²) in [4.78, 5) is 30.4. The van der Waals surface area contributed by atoms with Crippen LogP contribution in [0.1, 0.15) is 56.5 Å². The third-order valence-corrected chi connectivity index (χ3v) is 6.29. The molecule has 0 bridgehead atoms. The molecule has 8 heteroatoms. The quantitative estimate of drug-likeness (QED) is 0.421. The zero-order valence-electron chi connectivity index (χ0n) is 23.6. The average Bonchev–Trinajstić information content (AvgIpc) is 3.35. The molecule has 206 valence electrons. The van der Waals surface area contributed by atoms with Gasteiger partial charge in [0.2, 0.25) is 5.75 Å². The minimum atomic E-state index is -0.592. The fraction of sp³-hybridized carbons (Fsp3) is 0.467. The van der Waals surface area contributed by atoms with Crippen molar-refractivity contribution in [1.29, 1.82) is 0 Å². The van der Waals surface area contributed by atoms with E-state index in [-0.39, 0.29) is 18.0 Å². The van der Waals surface area contributed by atoms with Crippen molar-refractivity contribution >= 4 is 18.1 Å². The summed E-state index contributed by atoms with van der Waals surface area (Å²) >= 11 is 0. The number of carbonyl (C=O) groups excluding carboxylic acids is 2. The van der Waals surface area contributed by atoms with Gasteiger partial charge in [0, 0.05) is 25.2 Å². The number of carbonyl (C=O) groups is 2. The molecular weight excluding hydrogens is 484 g/mol. The van der Waals surface area contributed by atoms with Crippen molar-refractivity contribution < 1.29 is 28.5 Å². The number of rotatable bonds is 9.